The summed E-state index contributed by atoms with van der Waals surface area (Å²) in [7, 11) is 0. The van der Waals surface area contributed by atoms with E-state index in [-0.39, 0.29) is 6.61 Å². The zero-order valence-corrected chi connectivity index (χ0v) is 7.74. The van der Waals surface area contributed by atoms with Crippen molar-refractivity contribution in [3.8, 4) is 0 Å². The monoisotopic (exact) mass is 200 g/mol. The lowest BCUT2D eigenvalue weighted by atomic mass is 10.1. The summed E-state index contributed by atoms with van der Waals surface area (Å²) in [4.78, 5) is 1.40. The molecule has 2 heterocycles. The summed E-state index contributed by atoms with van der Waals surface area (Å²) in [6.45, 7) is 2.59. The van der Waals surface area contributed by atoms with Gasteiger partial charge in [-0.05, 0) is 12.1 Å². The summed E-state index contributed by atoms with van der Waals surface area (Å²) in [6.07, 6.45) is -2.50. The molecule has 1 fully saturated rings. The zero-order valence-electron chi connectivity index (χ0n) is 7.74. The maximum absolute atomic E-state index is 9.50. The van der Waals surface area contributed by atoms with Crippen LogP contribution in [0.25, 0.3) is 0 Å². The molecule has 0 radical (unpaired) electrons. The van der Waals surface area contributed by atoms with Crippen LogP contribution in [0.5, 0.6) is 0 Å². The van der Waals surface area contributed by atoms with E-state index in [1.165, 1.54) is 4.80 Å². The lowest BCUT2D eigenvalue weighted by Crippen LogP contribution is -2.25. The lowest BCUT2D eigenvalue weighted by molar-refractivity contribution is 0.0181. The number of aryl methyl sites for hydroxylation is 1. The van der Waals surface area contributed by atoms with E-state index >= 15 is 0 Å². The molecule has 14 heavy (non-hydrogen) atoms. The number of nitrogens with zero attached hydrogens (tertiary/aromatic N) is 4. The third-order valence-corrected chi connectivity index (χ3v) is 2.16. The van der Waals surface area contributed by atoms with Gasteiger partial charge in [0.15, 0.2) is 0 Å². The van der Waals surface area contributed by atoms with E-state index in [0.29, 0.717) is 12.4 Å². The standard InChI is InChI=1S/C7H12N4O3/c1-2-11-9-7(8-10-11)6-5(13)4(12)3-14-6/h4-6,12-13H,2-3H2,1H3. The summed E-state index contributed by atoms with van der Waals surface area (Å²) >= 11 is 0. The molecule has 7 nitrogen and oxygen atoms in total. The highest BCUT2D eigenvalue weighted by Crippen LogP contribution is 2.26. The maximum atomic E-state index is 9.50. The van der Waals surface area contributed by atoms with Crippen LogP contribution >= 0.6 is 0 Å². The van der Waals surface area contributed by atoms with Gasteiger partial charge in [0, 0.05) is 0 Å². The highest BCUT2D eigenvalue weighted by atomic mass is 16.5. The average molecular weight is 200 g/mol. The number of hydrogen-bond acceptors (Lipinski definition) is 6. The van der Waals surface area contributed by atoms with Crippen LogP contribution in [-0.2, 0) is 11.3 Å². The molecular formula is C7H12N4O3. The third-order valence-electron chi connectivity index (χ3n) is 2.16. The molecule has 0 amide bonds. The number of hydrogen-bond donors (Lipinski definition) is 2. The third kappa shape index (κ3) is 1.49. The van der Waals surface area contributed by atoms with Gasteiger partial charge in [0.1, 0.15) is 18.3 Å². The van der Waals surface area contributed by atoms with E-state index in [1.807, 2.05) is 6.92 Å². The Morgan fingerprint density at radius 1 is 1.57 bits per heavy atom. The number of ether oxygens (including phenoxy) is 1. The van der Waals surface area contributed by atoms with Crippen LogP contribution in [0.2, 0.25) is 0 Å². The van der Waals surface area contributed by atoms with Crippen molar-refractivity contribution in [1.82, 2.24) is 20.2 Å². The molecule has 1 aliphatic heterocycles. The Morgan fingerprint density at radius 3 is 2.86 bits per heavy atom. The molecule has 1 aliphatic rings. The fourth-order valence-electron chi connectivity index (χ4n) is 1.33. The second kappa shape index (κ2) is 3.60. The van der Waals surface area contributed by atoms with Crippen LogP contribution in [0.1, 0.15) is 18.9 Å². The van der Waals surface area contributed by atoms with Crippen molar-refractivity contribution in [2.75, 3.05) is 6.61 Å². The molecule has 7 heteroatoms. The summed E-state index contributed by atoms with van der Waals surface area (Å²) in [5, 5.41) is 30.2. The van der Waals surface area contributed by atoms with Gasteiger partial charge >= 0.3 is 0 Å². The fraction of sp³-hybridized carbons (Fsp3) is 0.857. The second-order valence-electron chi connectivity index (χ2n) is 3.15. The first kappa shape index (κ1) is 9.50. The summed E-state index contributed by atoms with van der Waals surface area (Å²) in [5.41, 5.74) is 0. The van der Waals surface area contributed by atoms with Crippen LogP contribution in [-0.4, -0.2) is 49.2 Å². The number of aromatic nitrogens is 4. The fourth-order valence-corrected chi connectivity index (χ4v) is 1.33. The lowest BCUT2D eigenvalue weighted by Gasteiger charge is -2.09. The van der Waals surface area contributed by atoms with E-state index < -0.39 is 18.3 Å². The van der Waals surface area contributed by atoms with Gasteiger partial charge in [0.05, 0.1) is 13.2 Å². The molecular weight excluding hydrogens is 188 g/mol. The quantitative estimate of drug-likeness (QED) is 0.602. The van der Waals surface area contributed by atoms with Crippen molar-refractivity contribution in [2.45, 2.75) is 31.8 Å². The van der Waals surface area contributed by atoms with E-state index in [2.05, 4.69) is 15.4 Å². The average Bonchev–Trinajstić information content (AvgIpc) is 2.75. The van der Waals surface area contributed by atoms with Crippen molar-refractivity contribution in [1.29, 1.82) is 0 Å². The zero-order chi connectivity index (χ0) is 10.1. The molecule has 78 valence electrons. The summed E-state index contributed by atoms with van der Waals surface area (Å²) in [5.74, 6) is 0.316. The molecule has 3 atom stereocenters. The van der Waals surface area contributed by atoms with Crippen molar-refractivity contribution < 1.29 is 14.9 Å². The van der Waals surface area contributed by atoms with Gasteiger partial charge in [-0.15, -0.1) is 10.2 Å². The number of aliphatic hydroxyl groups is 2. The Morgan fingerprint density at radius 2 is 2.36 bits per heavy atom. The van der Waals surface area contributed by atoms with E-state index in [9.17, 15) is 10.2 Å². The number of tetrazole rings is 1. The first-order chi connectivity index (χ1) is 6.72. The van der Waals surface area contributed by atoms with Crippen LogP contribution in [0.3, 0.4) is 0 Å². The molecule has 3 unspecified atom stereocenters. The SMILES string of the molecule is CCn1nnc(C2OCC(O)C2O)n1. The minimum absolute atomic E-state index is 0.104. The Kier molecular flexibility index (Phi) is 2.44. The first-order valence-electron chi connectivity index (χ1n) is 4.47. The van der Waals surface area contributed by atoms with Crippen molar-refractivity contribution in [3.63, 3.8) is 0 Å². The van der Waals surface area contributed by atoms with Gasteiger partial charge in [0.2, 0.25) is 5.82 Å². The number of rotatable bonds is 2. The van der Waals surface area contributed by atoms with Gasteiger partial charge in [-0.3, -0.25) is 0 Å². The molecule has 0 saturated carbocycles. The topological polar surface area (TPSA) is 93.3 Å². The summed E-state index contributed by atoms with van der Waals surface area (Å²) < 4.78 is 5.14. The second-order valence-corrected chi connectivity index (χ2v) is 3.15. The van der Waals surface area contributed by atoms with Gasteiger partial charge < -0.3 is 14.9 Å². The van der Waals surface area contributed by atoms with Gasteiger partial charge in [-0.2, -0.15) is 4.80 Å². The predicted molar refractivity (Wildman–Crippen MR) is 44.2 cm³/mol. The van der Waals surface area contributed by atoms with Crippen molar-refractivity contribution in [2.24, 2.45) is 0 Å². The van der Waals surface area contributed by atoms with Gasteiger partial charge in [0.25, 0.3) is 0 Å². The minimum Gasteiger partial charge on any atom is -0.388 e. The van der Waals surface area contributed by atoms with Crippen LogP contribution in [0.4, 0.5) is 0 Å². The van der Waals surface area contributed by atoms with E-state index in [4.69, 9.17) is 4.74 Å². The molecule has 2 rings (SSSR count). The summed E-state index contributed by atoms with van der Waals surface area (Å²) in [6, 6.07) is 0. The maximum Gasteiger partial charge on any atom is 0.206 e. The highest BCUT2D eigenvalue weighted by Gasteiger charge is 2.38. The Labute approximate surface area is 80.3 Å². The van der Waals surface area contributed by atoms with Gasteiger partial charge in [-0.25, -0.2) is 0 Å². The first-order valence-corrected chi connectivity index (χ1v) is 4.47. The molecule has 0 aliphatic carbocycles. The van der Waals surface area contributed by atoms with Crippen LogP contribution < -0.4 is 0 Å². The normalized spacial score (nSPS) is 32.4. The van der Waals surface area contributed by atoms with Gasteiger partial charge in [-0.1, -0.05) is 0 Å². The largest absolute Gasteiger partial charge is 0.388 e. The number of aliphatic hydroxyl groups excluding tert-OH is 2. The molecule has 1 saturated heterocycles. The smallest absolute Gasteiger partial charge is 0.206 e. The van der Waals surface area contributed by atoms with E-state index in [1.54, 1.807) is 0 Å². The molecule has 0 bridgehead atoms. The molecule has 0 aromatic carbocycles. The van der Waals surface area contributed by atoms with Crippen molar-refractivity contribution >= 4 is 0 Å². The Hall–Kier alpha value is -1.05. The van der Waals surface area contributed by atoms with Crippen molar-refractivity contribution in [3.05, 3.63) is 5.82 Å². The molecule has 2 N–H and O–H groups in total. The molecule has 0 spiro atoms. The predicted octanol–water partition coefficient (Wildman–Crippen LogP) is -1.51. The Balaban J connectivity index is 2.15. The minimum atomic E-state index is -0.968. The highest BCUT2D eigenvalue weighted by molar-refractivity contribution is 4.96. The molecule has 1 aromatic heterocycles. The van der Waals surface area contributed by atoms with E-state index in [0.717, 1.165) is 0 Å². The molecule has 1 aromatic rings. The van der Waals surface area contributed by atoms with Crippen LogP contribution in [0, 0.1) is 0 Å². The van der Waals surface area contributed by atoms with Crippen LogP contribution in [0.15, 0.2) is 0 Å². The Bertz CT molecular complexity index is 316.